The van der Waals surface area contributed by atoms with Gasteiger partial charge in [0.1, 0.15) is 0 Å². The zero-order valence-electron chi connectivity index (χ0n) is 17.4. The van der Waals surface area contributed by atoms with Crippen LogP contribution in [0.5, 0.6) is 0 Å². The van der Waals surface area contributed by atoms with Crippen LogP contribution >= 0.6 is 11.3 Å². The summed E-state index contributed by atoms with van der Waals surface area (Å²) in [5.41, 5.74) is 0. The molecule has 1 saturated heterocycles. The zero-order valence-corrected chi connectivity index (χ0v) is 19.0. The van der Waals surface area contributed by atoms with E-state index in [4.69, 9.17) is 4.52 Å². The van der Waals surface area contributed by atoms with E-state index in [-0.39, 0.29) is 29.3 Å². The van der Waals surface area contributed by atoms with Gasteiger partial charge in [-0.3, -0.25) is 4.79 Å². The van der Waals surface area contributed by atoms with Crippen molar-refractivity contribution in [2.75, 3.05) is 13.1 Å². The number of aromatic nitrogens is 2. The van der Waals surface area contributed by atoms with Gasteiger partial charge in [0.05, 0.1) is 15.7 Å². The first-order valence-corrected chi connectivity index (χ1v) is 12.8. The van der Waals surface area contributed by atoms with Crippen molar-refractivity contribution in [1.29, 1.82) is 0 Å². The average molecular weight is 453 g/mol. The van der Waals surface area contributed by atoms with Crippen molar-refractivity contribution < 1.29 is 17.7 Å². The second kappa shape index (κ2) is 8.76. The molecule has 3 heterocycles. The highest BCUT2D eigenvalue weighted by atomic mass is 32.2. The zero-order chi connectivity index (χ0) is 21.3. The van der Waals surface area contributed by atoms with Gasteiger partial charge in [0.15, 0.2) is 0 Å². The fraction of sp³-hybridized carbons (Fsp3) is 0.650. The number of carbonyl (C=O) groups excluding carboxylic acids is 1. The Kier molecular flexibility index (Phi) is 6.26. The minimum Gasteiger partial charge on any atom is -0.353 e. The number of nitrogens with one attached hydrogen (secondary N) is 1. The first kappa shape index (κ1) is 21.5. The molecule has 2 aliphatic rings. The van der Waals surface area contributed by atoms with Gasteiger partial charge in [-0.15, -0.1) is 11.3 Å². The minimum absolute atomic E-state index is 0.00759. The third kappa shape index (κ3) is 4.45. The molecule has 0 radical (unpaired) electrons. The molecule has 0 unspecified atom stereocenters. The number of thiophene rings is 1. The van der Waals surface area contributed by atoms with Gasteiger partial charge < -0.3 is 9.84 Å². The van der Waals surface area contributed by atoms with Gasteiger partial charge >= 0.3 is 0 Å². The number of amides is 1. The minimum atomic E-state index is -3.70. The Bertz CT molecular complexity index is 1010. The summed E-state index contributed by atoms with van der Waals surface area (Å²) < 4.78 is 33.2. The van der Waals surface area contributed by atoms with E-state index in [2.05, 4.69) is 15.5 Å². The Morgan fingerprint density at radius 1 is 1.20 bits per heavy atom. The second-order valence-corrected chi connectivity index (χ2v) is 11.4. The van der Waals surface area contributed by atoms with Crippen molar-refractivity contribution in [1.82, 2.24) is 19.8 Å². The average Bonchev–Trinajstić information content (AvgIpc) is 3.35. The molecule has 1 saturated carbocycles. The van der Waals surface area contributed by atoms with Crippen LogP contribution in [-0.2, 0) is 14.8 Å². The maximum atomic E-state index is 13.4. The summed E-state index contributed by atoms with van der Waals surface area (Å²) in [5, 5.41) is 7.04. The van der Waals surface area contributed by atoms with E-state index in [1.807, 2.05) is 0 Å². The summed E-state index contributed by atoms with van der Waals surface area (Å²) in [6.07, 6.45) is 6.97. The SMILES string of the molecule is Cc1nc(-c2cc(S(=O)(=O)N3CCC[C@@H](C(=O)NC4CCCCC4)C3)c(C)s2)no1. The maximum Gasteiger partial charge on any atom is 0.244 e. The van der Waals surface area contributed by atoms with Crippen molar-refractivity contribution in [2.24, 2.45) is 5.92 Å². The summed E-state index contributed by atoms with van der Waals surface area (Å²) in [6, 6.07) is 1.85. The van der Waals surface area contributed by atoms with Crippen molar-refractivity contribution >= 4 is 27.3 Å². The molecule has 1 aliphatic carbocycles. The van der Waals surface area contributed by atoms with Gasteiger partial charge in [-0.25, -0.2) is 8.42 Å². The Balaban J connectivity index is 1.48. The van der Waals surface area contributed by atoms with Crippen molar-refractivity contribution in [3.8, 4) is 10.7 Å². The highest BCUT2D eigenvalue weighted by Crippen LogP contribution is 2.35. The first-order chi connectivity index (χ1) is 14.3. The Labute approximate surface area is 181 Å². The number of piperidine rings is 1. The van der Waals surface area contributed by atoms with Crippen LogP contribution in [0.4, 0.5) is 0 Å². The Morgan fingerprint density at radius 3 is 2.67 bits per heavy atom. The molecule has 4 rings (SSSR count). The number of hydrogen-bond acceptors (Lipinski definition) is 7. The van der Waals surface area contributed by atoms with E-state index in [1.165, 1.54) is 22.1 Å². The molecule has 2 fully saturated rings. The third-order valence-electron chi connectivity index (χ3n) is 5.94. The number of carbonyl (C=O) groups is 1. The quantitative estimate of drug-likeness (QED) is 0.746. The molecule has 1 aliphatic heterocycles. The van der Waals surface area contributed by atoms with Crippen LogP contribution < -0.4 is 5.32 Å². The molecule has 2 aromatic rings. The number of sulfonamides is 1. The normalized spacial score (nSPS) is 21.6. The molecule has 0 bridgehead atoms. The molecular weight excluding hydrogens is 424 g/mol. The molecule has 1 atom stereocenters. The molecule has 0 spiro atoms. The lowest BCUT2D eigenvalue weighted by atomic mass is 9.93. The molecule has 1 amide bonds. The fourth-order valence-corrected chi connectivity index (χ4v) is 7.32. The highest BCUT2D eigenvalue weighted by molar-refractivity contribution is 7.89. The lowest BCUT2D eigenvalue weighted by Crippen LogP contribution is -2.47. The molecule has 164 valence electrons. The molecular formula is C20H28N4O4S2. The van der Waals surface area contributed by atoms with Gasteiger partial charge in [0.2, 0.25) is 27.6 Å². The first-order valence-electron chi connectivity index (χ1n) is 10.6. The lowest BCUT2D eigenvalue weighted by molar-refractivity contribution is -0.127. The van der Waals surface area contributed by atoms with Crippen LogP contribution in [0.15, 0.2) is 15.5 Å². The van der Waals surface area contributed by atoms with E-state index in [1.54, 1.807) is 19.9 Å². The third-order valence-corrected chi connectivity index (χ3v) is 9.11. The van der Waals surface area contributed by atoms with E-state index in [9.17, 15) is 13.2 Å². The number of rotatable bonds is 5. The van der Waals surface area contributed by atoms with Crippen LogP contribution in [0.3, 0.4) is 0 Å². The van der Waals surface area contributed by atoms with E-state index in [0.717, 1.165) is 32.1 Å². The number of hydrogen-bond donors (Lipinski definition) is 1. The monoisotopic (exact) mass is 452 g/mol. The molecule has 0 aromatic carbocycles. The van der Waals surface area contributed by atoms with E-state index in [0.29, 0.717) is 34.4 Å². The van der Waals surface area contributed by atoms with Gasteiger partial charge in [-0.2, -0.15) is 9.29 Å². The fourth-order valence-electron chi connectivity index (χ4n) is 4.31. The number of aryl methyl sites for hydroxylation is 2. The highest BCUT2D eigenvalue weighted by Gasteiger charge is 2.35. The summed E-state index contributed by atoms with van der Waals surface area (Å²) in [7, 11) is -3.70. The predicted molar refractivity (Wildman–Crippen MR) is 114 cm³/mol. The van der Waals surface area contributed by atoms with Crippen LogP contribution in [-0.4, -0.2) is 47.9 Å². The smallest absolute Gasteiger partial charge is 0.244 e. The summed E-state index contributed by atoms with van der Waals surface area (Å²) >= 11 is 1.33. The van der Waals surface area contributed by atoms with E-state index < -0.39 is 10.0 Å². The van der Waals surface area contributed by atoms with Crippen LogP contribution in [0.1, 0.15) is 55.7 Å². The largest absolute Gasteiger partial charge is 0.353 e. The molecule has 30 heavy (non-hydrogen) atoms. The maximum absolute atomic E-state index is 13.4. The van der Waals surface area contributed by atoms with Gasteiger partial charge in [0, 0.05) is 30.9 Å². The van der Waals surface area contributed by atoms with Gasteiger partial charge in [-0.05, 0) is 38.7 Å². The standard InChI is InChI=1S/C20H28N4O4S2/c1-13-18(11-17(29-13)19-21-14(2)28-23-19)30(26,27)24-10-6-7-15(12-24)20(25)22-16-8-4-3-5-9-16/h11,15-16H,3-10,12H2,1-2H3,(H,22,25)/t15-/m1/s1. The van der Waals surface area contributed by atoms with Crippen LogP contribution in [0.25, 0.3) is 10.7 Å². The molecule has 2 aromatic heterocycles. The van der Waals surface area contributed by atoms with Crippen LogP contribution in [0, 0.1) is 19.8 Å². The van der Waals surface area contributed by atoms with Crippen molar-refractivity contribution in [2.45, 2.75) is 69.7 Å². The lowest BCUT2D eigenvalue weighted by Gasteiger charge is -2.32. The summed E-state index contributed by atoms with van der Waals surface area (Å²) in [5.74, 6) is 0.522. The number of nitrogens with zero attached hydrogens (tertiary/aromatic N) is 3. The topological polar surface area (TPSA) is 105 Å². The van der Waals surface area contributed by atoms with Crippen molar-refractivity contribution in [3.63, 3.8) is 0 Å². The summed E-state index contributed by atoms with van der Waals surface area (Å²) in [4.78, 5) is 18.6. The Hall–Kier alpha value is -1.78. The molecule has 8 nitrogen and oxygen atoms in total. The molecule has 1 N–H and O–H groups in total. The van der Waals surface area contributed by atoms with E-state index >= 15 is 0 Å². The van der Waals surface area contributed by atoms with Gasteiger partial charge in [0.25, 0.3) is 0 Å². The second-order valence-electron chi connectivity index (χ2n) is 8.21. The molecule has 10 heteroatoms. The summed E-state index contributed by atoms with van der Waals surface area (Å²) in [6.45, 7) is 4.14. The van der Waals surface area contributed by atoms with Gasteiger partial charge in [-0.1, -0.05) is 24.4 Å². The van der Waals surface area contributed by atoms with Crippen molar-refractivity contribution in [3.05, 3.63) is 16.8 Å². The van der Waals surface area contributed by atoms with Crippen LogP contribution in [0.2, 0.25) is 0 Å². The predicted octanol–water partition coefficient (Wildman–Crippen LogP) is 3.26. The Morgan fingerprint density at radius 2 is 1.97 bits per heavy atom.